The van der Waals surface area contributed by atoms with Crippen LogP contribution in [0.4, 0.5) is 0 Å². The van der Waals surface area contributed by atoms with E-state index >= 15 is 0 Å². The van der Waals surface area contributed by atoms with Gasteiger partial charge in [-0.3, -0.25) is 10.1 Å². The highest BCUT2D eigenvalue weighted by Gasteiger charge is 2.39. The molecule has 1 atom stereocenters. The van der Waals surface area contributed by atoms with Gasteiger partial charge in [0, 0.05) is 24.7 Å². The van der Waals surface area contributed by atoms with E-state index in [1.807, 2.05) is 11.8 Å². The number of halogens is 1. The van der Waals surface area contributed by atoms with Crippen molar-refractivity contribution in [1.82, 2.24) is 10.2 Å². The number of likely N-dealkylation sites (tertiary alicyclic amines) is 1. The van der Waals surface area contributed by atoms with Gasteiger partial charge in [0.15, 0.2) is 0 Å². The van der Waals surface area contributed by atoms with Crippen LogP contribution in [0.3, 0.4) is 0 Å². The van der Waals surface area contributed by atoms with Gasteiger partial charge in [-0.05, 0) is 24.7 Å². The molecule has 0 bridgehead atoms. The average Bonchev–Trinajstić information content (AvgIpc) is 2.98. The molecule has 0 spiro atoms. The normalized spacial score (nSPS) is 26.9. The van der Waals surface area contributed by atoms with Crippen LogP contribution in [0.2, 0.25) is 0 Å². The first-order chi connectivity index (χ1) is 7.71. The Labute approximate surface area is 114 Å². The molecule has 1 amide bonds. The van der Waals surface area contributed by atoms with E-state index in [2.05, 4.69) is 24.1 Å². The Bertz CT molecular complexity index is 265. The van der Waals surface area contributed by atoms with Crippen molar-refractivity contribution in [3.05, 3.63) is 0 Å². The maximum atomic E-state index is 12.2. The molecule has 0 aromatic rings. The molecule has 3 nitrogen and oxygen atoms in total. The van der Waals surface area contributed by atoms with Gasteiger partial charge < -0.3 is 4.90 Å². The molecule has 2 saturated heterocycles. The zero-order valence-electron chi connectivity index (χ0n) is 10.7. The highest BCUT2D eigenvalue weighted by molar-refractivity contribution is 7.99. The van der Waals surface area contributed by atoms with Gasteiger partial charge in [-0.1, -0.05) is 13.8 Å². The van der Waals surface area contributed by atoms with Crippen molar-refractivity contribution >= 4 is 30.1 Å². The zero-order valence-corrected chi connectivity index (χ0v) is 12.3. The van der Waals surface area contributed by atoms with E-state index in [9.17, 15) is 4.79 Å². The highest BCUT2D eigenvalue weighted by atomic mass is 35.5. The summed E-state index contributed by atoms with van der Waals surface area (Å²) < 4.78 is 0. The van der Waals surface area contributed by atoms with Gasteiger partial charge in [-0.2, -0.15) is 0 Å². The van der Waals surface area contributed by atoms with Crippen LogP contribution in [0, 0.1) is 5.41 Å². The van der Waals surface area contributed by atoms with Crippen molar-refractivity contribution in [3.8, 4) is 0 Å². The van der Waals surface area contributed by atoms with E-state index in [0.29, 0.717) is 11.3 Å². The average molecular weight is 279 g/mol. The van der Waals surface area contributed by atoms with Crippen molar-refractivity contribution in [1.29, 1.82) is 0 Å². The fraction of sp³-hybridized carbons (Fsp3) is 0.917. The fourth-order valence-electron chi connectivity index (χ4n) is 2.72. The molecular formula is C12H23ClN2OS. The van der Waals surface area contributed by atoms with Crippen molar-refractivity contribution in [2.24, 2.45) is 5.41 Å². The summed E-state index contributed by atoms with van der Waals surface area (Å²) in [7, 11) is 0. The Morgan fingerprint density at radius 1 is 1.47 bits per heavy atom. The molecule has 0 aromatic heterocycles. The summed E-state index contributed by atoms with van der Waals surface area (Å²) in [4.78, 5) is 14.3. The summed E-state index contributed by atoms with van der Waals surface area (Å²) in [6.45, 7) is 6.44. The van der Waals surface area contributed by atoms with Crippen LogP contribution in [0.1, 0.15) is 33.1 Å². The largest absolute Gasteiger partial charge is 0.341 e. The predicted molar refractivity (Wildman–Crippen MR) is 75.7 cm³/mol. The summed E-state index contributed by atoms with van der Waals surface area (Å²) in [5, 5.41) is 3.27. The minimum Gasteiger partial charge on any atom is -0.341 e. The molecule has 5 heteroatoms. The molecule has 2 aliphatic rings. The van der Waals surface area contributed by atoms with E-state index in [0.717, 1.165) is 24.7 Å². The molecule has 2 fully saturated rings. The van der Waals surface area contributed by atoms with Crippen molar-refractivity contribution in [2.75, 3.05) is 24.7 Å². The minimum absolute atomic E-state index is 0. The summed E-state index contributed by atoms with van der Waals surface area (Å²) in [6.07, 6.45) is 3.58. The van der Waals surface area contributed by atoms with Crippen LogP contribution < -0.4 is 5.32 Å². The second-order valence-electron chi connectivity index (χ2n) is 4.99. The number of rotatable bonds is 3. The van der Waals surface area contributed by atoms with Gasteiger partial charge >= 0.3 is 0 Å². The molecule has 2 heterocycles. The topological polar surface area (TPSA) is 32.3 Å². The maximum Gasteiger partial charge on any atom is 0.240 e. The highest BCUT2D eigenvalue weighted by Crippen LogP contribution is 2.37. The third-order valence-electron chi connectivity index (χ3n) is 4.26. The first-order valence-corrected chi connectivity index (χ1v) is 7.46. The van der Waals surface area contributed by atoms with Crippen LogP contribution in [0.15, 0.2) is 0 Å². The molecule has 1 unspecified atom stereocenters. The Morgan fingerprint density at radius 2 is 2.18 bits per heavy atom. The number of thioether (sulfide) groups is 1. The smallest absolute Gasteiger partial charge is 0.240 e. The lowest BCUT2D eigenvalue weighted by molar-refractivity contribution is -0.132. The van der Waals surface area contributed by atoms with Crippen molar-refractivity contribution < 1.29 is 4.79 Å². The number of hydrogen-bond acceptors (Lipinski definition) is 3. The lowest BCUT2D eigenvalue weighted by Crippen LogP contribution is -2.44. The number of nitrogens with one attached hydrogen (secondary N) is 1. The molecule has 100 valence electrons. The molecule has 17 heavy (non-hydrogen) atoms. The van der Waals surface area contributed by atoms with Crippen molar-refractivity contribution in [3.63, 3.8) is 0 Å². The van der Waals surface area contributed by atoms with Gasteiger partial charge in [0.2, 0.25) is 5.91 Å². The predicted octanol–water partition coefficient (Wildman–Crippen LogP) is 2.11. The van der Waals surface area contributed by atoms with Crippen LogP contribution in [-0.2, 0) is 4.79 Å². The summed E-state index contributed by atoms with van der Waals surface area (Å²) >= 11 is 1.82. The molecule has 0 radical (unpaired) electrons. The fourth-order valence-corrected chi connectivity index (χ4v) is 3.66. The number of nitrogens with zero attached hydrogens (tertiary/aromatic N) is 1. The maximum absolute atomic E-state index is 12.2. The first-order valence-electron chi connectivity index (χ1n) is 6.31. The van der Waals surface area contributed by atoms with Crippen LogP contribution in [-0.4, -0.2) is 41.6 Å². The monoisotopic (exact) mass is 278 g/mol. The van der Waals surface area contributed by atoms with E-state index in [1.54, 1.807) is 0 Å². The van der Waals surface area contributed by atoms with Gasteiger partial charge in [-0.25, -0.2) is 0 Å². The summed E-state index contributed by atoms with van der Waals surface area (Å²) in [5.41, 5.74) is 0.404. The van der Waals surface area contributed by atoms with E-state index < -0.39 is 0 Å². The molecule has 0 saturated carbocycles. The third-order valence-corrected chi connectivity index (χ3v) is 5.20. The number of carbonyl (C=O) groups is 1. The van der Waals surface area contributed by atoms with Crippen LogP contribution in [0.25, 0.3) is 0 Å². The lowest BCUT2D eigenvalue weighted by Gasteiger charge is -2.27. The molecule has 0 aromatic carbocycles. The van der Waals surface area contributed by atoms with Gasteiger partial charge in [-0.15, -0.1) is 24.2 Å². The van der Waals surface area contributed by atoms with Crippen LogP contribution >= 0.6 is 24.2 Å². The summed E-state index contributed by atoms with van der Waals surface area (Å²) in [5.74, 6) is 2.20. The standard InChI is InChI=1S/C12H22N2OS.ClH/c1-3-12(4-2)5-6-14(8-12)11(15)10-7-16-9-13-10;/h10,13H,3-9H2,1-2H3;1H. The Hall–Kier alpha value is 0.0700. The number of amides is 1. The Kier molecular flexibility index (Phi) is 5.61. The van der Waals surface area contributed by atoms with E-state index in [1.165, 1.54) is 19.3 Å². The molecule has 0 aliphatic carbocycles. The molecule has 1 N–H and O–H groups in total. The Balaban J connectivity index is 0.00000144. The van der Waals surface area contributed by atoms with Gasteiger partial charge in [0.25, 0.3) is 0 Å². The summed E-state index contributed by atoms with van der Waals surface area (Å²) in [6, 6.07) is 0.0783. The second-order valence-corrected chi connectivity index (χ2v) is 6.02. The number of hydrogen-bond donors (Lipinski definition) is 1. The first kappa shape index (κ1) is 15.1. The molecule has 2 aliphatic heterocycles. The SMILES string of the molecule is CCC1(CC)CCN(C(=O)C2CSCN2)C1.Cl. The molecular weight excluding hydrogens is 256 g/mol. The number of carbonyl (C=O) groups excluding carboxylic acids is 1. The lowest BCUT2D eigenvalue weighted by atomic mass is 9.82. The minimum atomic E-state index is 0. The third kappa shape index (κ3) is 3.09. The van der Waals surface area contributed by atoms with Gasteiger partial charge in [0.05, 0.1) is 6.04 Å². The second kappa shape index (κ2) is 6.30. The zero-order chi connectivity index (χ0) is 11.6. The molecule has 2 rings (SSSR count). The Morgan fingerprint density at radius 3 is 2.65 bits per heavy atom. The van der Waals surface area contributed by atoms with Gasteiger partial charge in [0.1, 0.15) is 0 Å². The van der Waals surface area contributed by atoms with Crippen molar-refractivity contribution in [2.45, 2.75) is 39.2 Å². The quantitative estimate of drug-likeness (QED) is 0.858. The van der Waals surface area contributed by atoms with E-state index in [-0.39, 0.29) is 18.4 Å². The van der Waals surface area contributed by atoms with E-state index in [4.69, 9.17) is 0 Å². The van der Waals surface area contributed by atoms with Crippen LogP contribution in [0.5, 0.6) is 0 Å².